The quantitative estimate of drug-likeness (QED) is 0.781. The van der Waals surface area contributed by atoms with E-state index < -0.39 is 10.0 Å². The first-order valence-electron chi connectivity index (χ1n) is 5.27. The second-order valence-corrected chi connectivity index (χ2v) is 6.15. The van der Waals surface area contributed by atoms with Gasteiger partial charge in [0, 0.05) is 12.2 Å². The lowest BCUT2D eigenvalue weighted by Crippen LogP contribution is -2.39. The van der Waals surface area contributed by atoms with Gasteiger partial charge in [-0.3, -0.25) is 4.98 Å². The van der Waals surface area contributed by atoms with Gasteiger partial charge in [0.2, 0.25) is 10.0 Å². The summed E-state index contributed by atoms with van der Waals surface area (Å²) in [5.41, 5.74) is 5.81. The van der Waals surface area contributed by atoms with Crippen LogP contribution in [0.2, 0.25) is 0 Å². The molecule has 1 heterocycles. The molecular formula is C10H13N3O2S2. The minimum atomic E-state index is -3.46. The van der Waals surface area contributed by atoms with Crippen LogP contribution in [0.25, 0.3) is 0 Å². The highest BCUT2D eigenvalue weighted by molar-refractivity contribution is 7.89. The van der Waals surface area contributed by atoms with Crippen molar-refractivity contribution in [2.24, 2.45) is 5.73 Å². The van der Waals surface area contributed by atoms with Crippen LogP contribution in [0.4, 0.5) is 0 Å². The number of thiocarbonyl (C=S) groups is 1. The molecule has 0 aromatic carbocycles. The van der Waals surface area contributed by atoms with Gasteiger partial charge in [-0.2, -0.15) is 0 Å². The van der Waals surface area contributed by atoms with Gasteiger partial charge in [-0.1, -0.05) is 18.6 Å². The Morgan fingerprint density at radius 2 is 2.18 bits per heavy atom. The summed E-state index contributed by atoms with van der Waals surface area (Å²) < 4.78 is 26.4. The molecule has 0 unspecified atom stereocenters. The number of hydrogen-bond donors (Lipinski definition) is 2. The summed E-state index contributed by atoms with van der Waals surface area (Å²) in [5.74, 6) is 0. The van der Waals surface area contributed by atoms with Crippen LogP contribution in [0.1, 0.15) is 25.0 Å². The van der Waals surface area contributed by atoms with Crippen LogP contribution in [0.15, 0.2) is 23.2 Å². The maximum Gasteiger partial charge on any atom is 0.242 e. The average Bonchev–Trinajstić information content (AvgIpc) is 2.24. The standard InChI is InChI=1S/C10H13N3O2S2/c11-10(16)9-5-4-8(6-12-9)17(14,15)13-7-2-1-3-7/h4-7,13H,1-3H2,(H2,11,16). The Hall–Kier alpha value is -1.05. The second-order valence-electron chi connectivity index (χ2n) is 3.99. The van der Waals surface area contributed by atoms with Crippen LogP contribution in [-0.2, 0) is 10.0 Å². The van der Waals surface area contributed by atoms with Crippen LogP contribution in [-0.4, -0.2) is 24.4 Å². The highest BCUT2D eigenvalue weighted by Gasteiger charge is 2.24. The lowest BCUT2D eigenvalue weighted by atomic mass is 9.94. The molecule has 0 amide bonds. The Morgan fingerprint density at radius 1 is 1.47 bits per heavy atom. The molecule has 5 nitrogen and oxygen atoms in total. The molecule has 1 aromatic rings. The SMILES string of the molecule is NC(=S)c1ccc(S(=O)(=O)NC2CCC2)cn1. The van der Waals surface area contributed by atoms with Crippen molar-refractivity contribution in [1.82, 2.24) is 9.71 Å². The lowest BCUT2D eigenvalue weighted by Gasteiger charge is -2.25. The molecule has 7 heteroatoms. The molecule has 0 spiro atoms. The van der Waals surface area contributed by atoms with Crippen LogP contribution >= 0.6 is 12.2 Å². The summed E-state index contributed by atoms with van der Waals surface area (Å²) in [7, 11) is -3.46. The number of aromatic nitrogens is 1. The minimum absolute atomic E-state index is 0.0651. The number of sulfonamides is 1. The molecule has 1 aliphatic rings. The maximum atomic E-state index is 11.9. The van der Waals surface area contributed by atoms with Crippen molar-refractivity contribution in [3.63, 3.8) is 0 Å². The van der Waals surface area contributed by atoms with Gasteiger partial charge in [-0.05, 0) is 25.0 Å². The van der Waals surface area contributed by atoms with E-state index in [0.717, 1.165) is 19.3 Å². The van der Waals surface area contributed by atoms with Gasteiger partial charge >= 0.3 is 0 Å². The molecule has 92 valence electrons. The largest absolute Gasteiger partial charge is 0.388 e. The average molecular weight is 271 g/mol. The zero-order valence-corrected chi connectivity index (χ0v) is 10.7. The molecule has 1 saturated carbocycles. The Morgan fingerprint density at radius 3 is 2.59 bits per heavy atom. The third-order valence-electron chi connectivity index (χ3n) is 2.73. The van der Waals surface area contributed by atoms with Gasteiger partial charge in [0.1, 0.15) is 9.88 Å². The fourth-order valence-corrected chi connectivity index (χ4v) is 2.87. The second kappa shape index (κ2) is 4.67. The van der Waals surface area contributed by atoms with E-state index in [1.807, 2.05) is 0 Å². The lowest BCUT2D eigenvalue weighted by molar-refractivity contribution is 0.383. The van der Waals surface area contributed by atoms with Gasteiger partial charge in [0.15, 0.2) is 0 Å². The van der Waals surface area contributed by atoms with E-state index in [2.05, 4.69) is 9.71 Å². The molecule has 3 N–H and O–H groups in total. The van der Waals surface area contributed by atoms with E-state index in [1.54, 1.807) is 0 Å². The molecule has 1 aromatic heterocycles. The van der Waals surface area contributed by atoms with Crippen LogP contribution in [0.3, 0.4) is 0 Å². The summed E-state index contributed by atoms with van der Waals surface area (Å²) in [6.07, 6.45) is 4.15. The van der Waals surface area contributed by atoms with Gasteiger partial charge < -0.3 is 5.73 Å². The van der Waals surface area contributed by atoms with Gasteiger partial charge in [-0.15, -0.1) is 0 Å². The van der Waals surface area contributed by atoms with Gasteiger partial charge in [0.05, 0.1) is 5.69 Å². The zero-order chi connectivity index (χ0) is 12.5. The molecule has 1 fully saturated rings. The monoisotopic (exact) mass is 271 g/mol. The smallest absolute Gasteiger partial charge is 0.242 e. The number of hydrogen-bond acceptors (Lipinski definition) is 4. The number of nitrogens with zero attached hydrogens (tertiary/aromatic N) is 1. The first-order valence-corrected chi connectivity index (χ1v) is 7.16. The zero-order valence-electron chi connectivity index (χ0n) is 9.09. The number of rotatable bonds is 4. The van der Waals surface area contributed by atoms with E-state index in [0.29, 0.717) is 5.69 Å². The first-order chi connectivity index (χ1) is 7.99. The predicted molar refractivity (Wildman–Crippen MR) is 68.1 cm³/mol. The van der Waals surface area contributed by atoms with E-state index >= 15 is 0 Å². The fraction of sp³-hybridized carbons (Fsp3) is 0.400. The predicted octanol–water partition coefficient (Wildman–Crippen LogP) is 0.547. The maximum absolute atomic E-state index is 11.9. The van der Waals surface area contributed by atoms with Crippen molar-refractivity contribution in [3.8, 4) is 0 Å². The number of pyridine rings is 1. The first kappa shape index (κ1) is 12.4. The summed E-state index contributed by atoms with van der Waals surface area (Å²) in [4.78, 5) is 4.21. The number of nitrogens with two attached hydrogens (primary N) is 1. The summed E-state index contributed by atoms with van der Waals surface area (Å²) >= 11 is 4.75. The van der Waals surface area contributed by atoms with Gasteiger partial charge in [0.25, 0.3) is 0 Å². The minimum Gasteiger partial charge on any atom is -0.388 e. The van der Waals surface area contributed by atoms with E-state index in [4.69, 9.17) is 18.0 Å². The summed E-state index contributed by atoms with van der Waals surface area (Å²) in [6, 6.07) is 3.04. The van der Waals surface area contributed by atoms with Crippen molar-refractivity contribution in [1.29, 1.82) is 0 Å². The Labute approximate surface area is 105 Å². The molecule has 0 atom stereocenters. The van der Waals surface area contributed by atoms with Crippen molar-refractivity contribution >= 4 is 27.2 Å². The molecular weight excluding hydrogens is 258 g/mol. The Kier molecular flexibility index (Phi) is 3.41. The molecule has 0 bridgehead atoms. The molecule has 0 saturated heterocycles. The van der Waals surface area contributed by atoms with E-state index in [-0.39, 0.29) is 15.9 Å². The Bertz CT molecular complexity index is 521. The van der Waals surface area contributed by atoms with Crippen molar-refractivity contribution in [3.05, 3.63) is 24.0 Å². The molecule has 1 aliphatic carbocycles. The highest BCUT2D eigenvalue weighted by Crippen LogP contribution is 2.20. The summed E-state index contributed by atoms with van der Waals surface area (Å²) in [5, 5.41) is 0. The third kappa shape index (κ3) is 2.80. The normalized spacial score (nSPS) is 16.5. The van der Waals surface area contributed by atoms with Crippen LogP contribution < -0.4 is 10.5 Å². The van der Waals surface area contributed by atoms with Crippen molar-refractivity contribution in [2.75, 3.05) is 0 Å². The van der Waals surface area contributed by atoms with Crippen molar-refractivity contribution in [2.45, 2.75) is 30.2 Å². The summed E-state index contributed by atoms with van der Waals surface area (Å²) in [6.45, 7) is 0. The van der Waals surface area contributed by atoms with Crippen molar-refractivity contribution < 1.29 is 8.42 Å². The third-order valence-corrected chi connectivity index (χ3v) is 4.44. The number of nitrogens with one attached hydrogen (secondary N) is 1. The molecule has 2 rings (SSSR count). The van der Waals surface area contributed by atoms with E-state index in [9.17, 15) is 8.42 Å². The molecule has 17 heavy (non-hydrogen) atoms. The van der Waals surface area contributed by atoms with E-state index in [1.165, 1.54) is 18.3 Å². The fourth-order valence-electron chi connectivity index (χ4n) is 1.50. The molecule has 0 radical (unpaired) electrons. The van der Waals surface area contributed by atoms with Gasteiger partial charge in [-0.25, -0.2) is 13.1 Å². The topological polar surface area (TPSA) is 85.1 Å². The van der Waals surface area contributed by atoms with Crippen LogP contribution in [0, 0.1) is 0 Å². The Balaban J connectivity index is 2.17. The molecule has 0 aliphatic heterocycles. The highest BCUT2D eigenvalue weighted by atomic mass is 32.2. The van der Waals surface area contributed by atoms with Crippen LogP contribution in [0.5, 0.6) is 0 Å².